The van der Waals surface area contributed by atoms with Gasteiger partial charge in [0.15, 0.2) is 11.6 Å². The molecular weight excluding hydrogens is 240 g/mol. The molecule has 2 aromatic carbocycles. The van der Waals surface area contributed by atoms with Crippen LogP contribution in [0.25, 0.3) is 11.1 Å². The van der Waals surface area contributed by atoms with Gasteiger partial charge in [0.2, 0.25) is 0 Å². The zero-order chi connectivity index (χ0) is 13.3. The number of carbonyl (C=O) groups is 1. The van der Waals surface area contributed by atoms with Gasteiger partial charge in [0, 0.05) is 0 Å². The van der Waals surface area contributed by atoms with Gasteiger partial charge >= 0.3 is 0 Å². The number of hydrogen-bond donors (Lipinski definition) is 2. The molecule has 1 amide bonds. The maximum atomic E-state index is 13.1. The fourth-order valence-electron chi connectivity index (χ4n) is 1.60. The number of nitrogens with two attached hydrogens (primary N) is 1. The minimum atomic E-state index is -0.981. The quantitative estimate of drug-likeness (QED) is 0.858. The molecule has 0 bridgehead atoms. The molecule has 0 saturated carbocycles. The Morgan fingerprint density at radius 1 is 1.00 bits per heavy atom. The third-order valence-electron chi connectivity index (χ3n) is 2.52. The average molecular weight is 249 g/mol. The van der Waals surface area contributed by atoms with Crippen molar-refractivity contribution in [2.75, 3.05) is 0 Å². The molecule has 0 aliphatic heterocycles. The minimum Gasteiger partial charge on any atom is -0.507 e. The van der Waals surface area contributed by atoms with Gasteiger partial charge in [-0.1, -0.05) is 12.1 Å². The summed E-state index contributed by atoms with van der Waals surface area (Å²) in [4.78, 5) is 10.9. The Morgan fingerprint density at radius 3 is 2.17 bits per heavy atom. The summed E-state index contributed by atoms with van der Waals surface area (Å²) >= 11 is 0. The molecular formula is C13H9F2NO2. The summed E-state index contributed by atoms with van der Waals surface area (Å²) in [5.74, 6) is -2.99. The lowest BCUT2D eigenvalue weighted by molar-refractivity contribution is 0.0998. The zero-order valence-electron chi connectivity index (χ0n) is 9.15. The first-order chi connectivity index (χ1) is 8.49. The summed E-state index contributed by atoms with van der Waals surface area (Å²) in [7, 11) is 0. The molecule has 0 spiro atoms. The van der Waals surface area contributed by atoms with Crippen molar-refractivity contribution >= 4 is 5.91 Å². The number of hydrogen-bond acceptors (Lipinski definition) is 2. The van der Waals surface area contributed by atoms with E-state index in [0.717, 1.165) is 12.1 Å². The molecule has 0 radical (unpaired) electrons. The Bertz CT molecular complexity index is 626. The molecule has 0 atom stereocenters. The normalized spacial score (nSPS) is 10.3. The van der Waals surface area contributed by atoms with Crippen LogP contribution in [-0.4, -0.2) is 11.0 Å². The molecule has 5 heteroatoms. The predicted molar refractivity (Wildman–Crippen MR) is 62.0 cm³/mol. The van der Waals surface area contributed by atoms with Gasteiger partial charge in [-0.15, -0.1) is 0 Å². The largest absolute Gasteiger partial charge is 0.507 e. The van der Waals surface area contributed by atoms with Crippen LogP contribution in [0.4, 0.5) is 8.78 Å². The van der Waals surface area contributed by atoms with Crippen LogP contribution in [0.3, 0.4) is 0 Å². The Morgan fingerprint density at radius 2 is 1.61 bits per heavy atom. The lowest BCUT2D eigenvalue weighted by atomic mass is 10.0. The zero-order valence-corrected chi connectivity index (χ0v) is 9.15. The first-order valence-corrected chi connectivity index (χ1v) is 5.07. The van der Waals surface area contributed by atoms with Crippen molar-refractivity contribution in [3.63, 3.8) is 0 Å². The maximum absolute atomic E-state index is 13.1. The van der Waals surface area contributed by atoms with Crippen molar-refractivity contribution in [2.24, 2.45) is 5.73 Å². The van der Waals surface area contributed by atoms with Gasteiger partial charge in [-0.3, -0.25) is 4.79 Å². The molecule has 2 rings (SSSR count). The highest BCUT2D eigenvalue weighted by Crippen LogP contribution is 2.27. The number of benzene rings is 2. The van der Waals surface area contributed by atoms with E-state index in [4.69, 9.17) is 5.73 Å². The fraction of sp³-hybridized carbons (Fsp3) is 0. The monoisotopic (exact) mass is 249 g/mol. The van der Waals surface area contributed by atoms with E-state index in [1.807, 2.05) is 0 Å². The van der Waals surface area contributed by atoms with E-state index in [0.29, 0.717) is 11.1 Å². The van der Waals surface area contributed by atoms with Crippen molar-refractivity contribution < 1.29 is 18.7 Å². The third-order valence-corrected chi connectivity index (χ3v) is 2.52. The Kier molecular flexibility index (Phi) is 2.97. The molecule has 0 aliphatic carbocycles. The first kappa shape index (κ1) is 12.0. The number of aromatic hydroxyl groups is 1. The summed E-state index contributed by atoms with van der Waals surface area (Å²) in [5, 5.41) is 9.58. The number of rotatable bonds is 2. The first-order valence-electron chi connectivity index (χ1n) is 5.07. The Labute approximate surface area is 101 Å². The number of halogens is 2. The van der Waals surface area contributed by atoms with Crippen molar-refractivity contribution in [3.05, 3.63) is 53.6 Å². The van der Waals surface area contributed by atoms with E-state index in [2.05, 4.69) is 0 Å². The van der Waals surface area contributed by atoms with Gasteiger partial charge in [0.1, 0.15) is 5.75 Å². The predicted octanol–water partition coefficient (Wildman–Crippen LogP) is 2.44. The average Bonchev–Trinajstić information content (AvgIpc) is 2.32. The van der Waals surface area contributed by atoms with Crippen molar-refractivity contribution in [3.8, 4) is 16.9 Å². The van der Waals surface area contributed by atoms with Crippen LogP contribution in [0.2, 0.25) is 0 Å². The van der Waals surface area contributed by atoms with Crippen molar-refractivity contribution in [1.29, 1.82) is 0 Å². The third kappa shape index (κ3) is 2.15. The molecule has 18 heavy (non-hydrogen) atoms. The summed E-state index contributed by atoms with van der Waals surface area (Å²) < 4.78 is 25.8. The SMILES string of the molecule is NC(=O)c1ccc(-c2ccc(F)c(F)c2)cc1O. The number of phenols is 1. The van der Waals surface area contributed by atoms with Crippen LogP contribution in [0, 0.1) is 11.6 Å². The molecule has 92 valence electrons. The van der Waals surface area contributed by atoms with E-state index in [1.54, 1.807) is 0 Å². The number of amides is 1. The van der Waals surface area contributed by atoms with Crippen LogP contribution in [0.15, 0.2) is 36.4 Å². The summed E-state index contributed by atoms with van der Waals surface area (Å²) in [6, 6.07) is 7.46. The van der Waals surface area contributed by atoms with E-state index in [9.17, 15) is 18.7 Å². The lowest BCUT2D eigenvalue weighted by Crippen LogP contribution is -2.10. The molecule has 0 aromatic heterocycles. The van der Waals surface area contributed by atoms with E-state index in [-0.39, 0.29) is 11.3 Å². The van der Waals surface area contributed by atoms with Gasteiger partial charge in [-0.05, 0) is 35.4 Å². The van der Waals surface area contributed by atoms with E-state index >= 15 is 0 Å². The standard InChI is InChI=1S/C13H9F2NO2/c14-10-4-2-7(5-11(10)15)8-1-3-9(13(16)18)12(17)6-8/h1-6,17H,(H2,16,18). The molecule has 0 fully saturated rings. The second kappa shape index (κ2) is 4.44. The summed E-state index contributed by atoms with van der Waals surface area (Å²) in [5.41, 5.74) is 5.86. The molecule has 3 nitrogen and oxygen atoms in total. The lowest BCUT2D eigenvalue weighted by Gasteiger charge is -2.05. The highest BCUT2D eigenvalue weighted by Gasteiger charge is 2.10. The van der Waals surface area contributed by atoms with Gasteiger partial charge in [-0.2, -0.15) is 0 Å². The van der Waals surface area contributed by atoms with Gasteiger partial charge in [0.05, 0.1) is 5.56 Å². The van der Waals surface area contributed by atoms with Crippen molar-refractivity contribution in [1.82, 2.24) is 0 Å². The minimum absolute atomic E-state index is 0.0265. The molecule has 3 N–H and O–H groups in total. The van der Waals surface area contributed by atoms with Crippen LogP contribution >= 0.6 is 0 Å². The van der Waals surface area contributed by atoms with Crippen LogP contribution in [0.1, 0.15) is 10.4 Å². The topological polar surface area (TPSA) is 63.3 Å². The van der Waals surface area contributed by atoms with Crippen molar-refractivity contribution in [2.45, 2.75) is 0 Å². The summed E-state index contributed by atoms with van der Waals surface area (Å²) in [6.45, 7) is 0. The second-order valence-corrected chi connectivity index (χ2v) is 3.73. The fourth-order valence-corrected chi connectivity index (χ4v) is 1.60. The van der Waals surface area contributed by atoms with E-state index < -0.39 is 17.5 Å². The molecule has 0 heterocycles. The highest BCUT2D eigenvalue weighted by molar-refractivity contribution is 5.96. The molecule has 0 unspecified atom stereocenters. The highest BCUT2D eigenvalue weighted by atomic mass is 19.2. The molecule has 0 aliphatic rings. The maximum Gasteiger partial charge on any atom is 0.252 e. The Balaban J connectivity index is 2.48. The number of carbonyl (C=O) groups excluding carboxylic acids is 1. The second-order valence-electron chi connectivity index (χ2n) is 3.73. The van der Waals surface area contributed by atoms with Gasteiger partial charge < -0.3 is 10.8 Å². The molecule has 0 saturated heterocycles. The van der Waals surface area contributed by atoms with Gasteiger partial charge in [0.25, 0.3) is 5.91 Å². The molecule has 2 aromatic rings. The number of primary amides is 1. The van der Waals surface area contributed by atoms with Crippen LogP contribution in [-0.2, 0) is 0 Å². The van der Waals surface area contributed by atoms with Crippen LogP contribution < -0.4 is 5.73 Å². The Hall–Kier alpha value is -2.43. The smallest absolute Gasteiger partial charge is 0.252 e. The van der Waals surface area contributed by atoms with E-state index in [1.165, 1.54) is 24.3 Å². The van der Waals surface area contributed by atoms with Gasteiger partial charge in [-0.25, -0.2) is 8.78 Å². The summed E-state index contributed by atoms with van der Waals surface area (Å²) in [6.07, 6.45) is 0. The van der Waals surface area contributed by atoms with Crippen LogP contribution in [0.5, 0.6) is 5.75 Å².